The molecule has 0 bridgehead atoms. The SMILES string of the molecule is CCc1ccc2c(c1)C(c1ccc(-c3ccc(OC)cc3)cc1)=NNC(c1ccncc1)=N2. The number of rotatable bonds is 5. The quantitative estimate of drug-likeness (QED) is 0.437. The second kappa shape index (κ2) is 9.09. The number of amidine groups is 1. The van der Waals surface area contributed by atoms with Gasteiger partial charge in [0.1, 0.15) is 5.75 Å². The van der Waals surface area contributed by atoms with Gasteiger partial charge in [-0.05, 0) is 59.5 Å². The summed E-state index contributed by atoms with van der Waals surface area (Å²) in [6.45, 7) is 2.16. The minimum atomic E-state index is 0.702. The first kappa shape index (κ1) is 20.6. The molecule has 1 aliphatic rings. The Kier molecular flexibility index (Phi) is 5.68. The predicted octanol–water partition coefficient (Wildman–Crippen LogP) is 5.75. The van der Waals surface area contributed by atoms with Gasteiger partial charge in [-0.3, -0.25) is 10.4 Å². The van der Waals surface area contributed by atoms with E-state index in [0.29, 0.717) is 5.84 Å². The number of ether oxygens (including phenoxy) is 1. The van der Waals surface area contributed by atoms with Crippen molar-refractivity contribution in [1.29, 1.82) is 0 Å². The first-order valence-corrected chi connectivity index (χ1v) is 11.0. The maximum absolute atomic E-state index is 5.27. The Morgan fingerprint density at radius 2 is 1.42 bits per heavy atom. The van der Waals surface area contributed by atoms with Crippen LogP contribution in [-0.4, -0.2) is 23.6 Å². The van der Waals surface area contributed by atoms with Gasteiger partial charge in [-0.2, -0.15) is 5.10 Å². The number of aromatic nitrogens is 1. The second-order valence-corrected chi connectivity index (χ2v) is 7.78. The summed E-state index contributed by atoms with van der Waals surface area (Å²) >= 11 is 0. The van der Waals surface area contributed by atoms with Crippen molar-refractivity contribution >= 4 is 17.2 Å². The summed E-state index contributed by atoms with van der Waals surface area (Å²) in [5.74, 6) is 1.55. The largest absolute Gasteiger partial charge is 0.497 e. The van der Waals surface area contributed by atoms with Crippen molar-refractivity contribution < 1.29 is 4.74 Å². The fraction of sp³-hybridized carbons (Fsp3) is 0.107. The number of methoxy groups -OCH3 is 1. The van der Waals surface area contributed by atoms with Gasteiger partial charge in [0.15, 0.2) is 5.84 Å². The zero-order chi connectivity index (χ0) is 22.6. The van der Waals surface area contributed by atoms with E-state index in [4.69, 9.17) is 14.8 Å². The number of nitrogens with zero attached hydrogens (tertiary/aromatic N) is 3. The van der Waals surface area contributed by atoms with Gasteiger partial charge in [-0.15, -0.1) is 0 Å². The fourth-order valence-electron chi connectivity index (χ4n) is 3.87. The van der Waals surface area contributed by atoms with Crippen molar-refractivity contribution in [3.63, 3.8) is 0 Å². The van der Waals surface area contributed by atoms with E-state index in [0.717, 1.165) is 51.4 Å². The summed E-state index contributed by atoms with van der Waals surface area (Å²) in [6, 6.07) is 26.8. The molecule has 5 heteroatoms. The zero-order valence-electron chi connectivity index (χ0n) is 18.6. The molecular formula is C28H24N4O. The Balaban J connectivity index is 1.54. The molecule has 0 spiro atoms. The van der Waals surface area contributed by atoms with Crippen molar-refractivity contribution in [2.75, 3.05) is 7.11 Å². The molecule has 3 aromatic carbocycles. The zero-order valence-corrected chi connectivity index (χ0v) is 18.6. The van der Waals surface area contributed by atoms with Gasteiger partial charge >= 0.3 is 0 Å². The van der Waals surface area contributed by atoms with Crippen LogP contribution in [0.2, 0.25) is 0 Å². The van der Waals surface area contributed by atoms with Gasteiger partial charge < -0.3 is 4.74 Å². The molecule has 0 radical (unpaired) electrons. The topological polar surface area (TPSA) is 58.9 Å². The van der Waals surface area contributed by atoms with Gasteiger partial charge in [-0.25, -0.2) is 4.99 Å². The monoisotopic (exact) mass is 432 g/mol. The summed E-state index contributed by atoms with van der Waals surface area (Å²) in [5.41, 5.74) is 11.5. The van der Waals surface area contributed by atoms with E-state index < -0.39 is 0 Å². The maximum atomic E-state index is 5.27. The molecule has 0 unspecified atom stereocenters. The van der Waals surface area contributed by atoms with Crippen molar-refractivity contribution in [2.45, 2.75) is 13.3 Å². The van der Waals surface area contributed by atoms with Crippen LogP contribution in [0, 0.1) is 0 Å². The van der Waals surface area contributed by atoms with Crippen LogP contribution in [-0.2, 0) is 6.42 Å². The Labute approximate surface area is 193 Å². The lowest BCUT2D eigenvalue weighted by Crippen LogP contribution is -2.19. The first-order chi connectivity index (χ1) is 16.2. The van der Waals surface area contributed by atoms with Crippen LogP contribution in [0.25, 0.3) is 11.1 Å². The average molecular weight is 433 g/mol. The number of hydrazone groups is 1. The summed E-state index contributed by atoms with van der Waals surface area (Å²) in [6.07, 6.45) is 4.47. The average Bonchev–Trinajstić information content (AvgIpc) is 3.08. The Morgan fingerprint density at radius 3 is 2.09 bits per heavy atom. The lowest BCUT2D eigenvalue weighted by atomic mass is 9.96. The first-order valence-electron chi connectivity index (χ1n) is 11.0. The van der Waals surface area contributed by atoms with Gasteiger partial charge in [0, 0.05) is 29.1 Å². The Morgan fingerprint density at radius 1 is 0.758 bits per heavy atom. The van der Waals surface area contributed by atoms with E-state index in [1.54, 1.807) is 19.5 Å². The van der Waals surface area contributed by atoms with Gasteiger partial charge in [-0.1, -0.05) is 49.4 Å². The highest BCUT2D eigenvalue weighted by Crippen LogP contribution is 2.29. The lowest BCUT2D eigenvalue weighted by molar-refractivity contribution is 0.415. The fourth-order valence-corrected chi connectivity index (χ4v) is 3.87. The van der Waals surface area contributed by atoms with Crippen LogP contribution in [0.1, 0.15) is 29.2 Å². The number of aryl methyl sites for hydroxylation is 1. The van der Waals surface area contributed by atoms with Crippen molar-refractivity contribution in [1.82, 2.24) is 10.4 Å². The van der Waals surface area contributed by atoms with Crippen LogP contribution in [0.3, 0.4) is 0 Å². The van der Waals surface area contributed by atoms with E-state index in [1.807, 2.05) is 24.3 Å². The molecule has 1 N–H and O–H groups in total. The van der Waals surface area contributed by atoms with Gasteiger partial charge in [0.25, 0.3) is 0 Å². The Bertz CT molecular complexity index is 1320. The summed E-state index contributed by atoms with van der Waals surface area (Å²) in [5, 5.41) is 4.79. The molecule has 0 amide bonds. The van der Waals surface area contributed by atoms with E-state index >= 15 is 0 Å². The van der Waals surface area contributed by atoms with Crippen molar-refractivity contribution in [3.8, 4) is 16.9 Å². The normalized spacial score (nSPS) is 12.7. The second-order valence-electron chi connectivity index (χ2n) is 7.78. The molecule has 0 aliphatic carbocycles. The van der Waals surface area contributed by atoms with Gasteiger partial charge in [0.05, 0.1) is 18.5 Å². The third-order valence-electron chi connectivity index (χ3n) is 5.77. The molecule has 5 nitrogen and oxygen atoms in total. The van der Waals surface area contributed by atoms with Crippen LogP contribution in [0.5, 0.6) is 5.75 Å². The molecule has 0 saturated heterocycles. The van der Waals surface area contributed by atoms with Crippen molar-refractivity contribution in [3.05, 3.63) is 114 Å². The number of fused-ring (bicyclic) bond motifs is 1. The molecule has 162 valence electrons. The summed E-state index contributed by atoms with van der Waals surface area (Å²) < 4.78 is 5.27. The molecule has 4 aromatic rings. The number of pyridine rings is 1. The van der Waals surface area contributed by atoms with E-state index in [1.165, 1.54) is 5.56 Å². The minimum Gasteiger partial charge on any atom is -0.497 e. The van der Waals surface area contributed by atoms with E-state index in [2.05, 4.69) is 71.9 Å². The van der Waals surface area contributed by atoms with Crippen LogP contribution >= 0.6 is 0 Å². The predicted molar refractivity (Wildman–Crippen MR) is 133 cm³/mol. The lowest BCUT2D eigenvalue weighted by Gasteiger charge is -2.11. The highest BCUT2D eigenvalue weighted by molar-refractivity contribution is 6.18. The number of hydrogen-bond acceptors (Lipinski definition) is 5. The van der Waals surface area contributed by atoms with Crippen LogP contribution < -0.4 is 10.2 Å². The summed E-state index contributed by atoms with van der Waals surface area (Å²) in [7, 11) is 1.68. The molecule has 5 rings (SSSR count). The number of aliphatic imine (C=N–C) groups is 1. The standard InChI is InChI=1S/C28H24N4O/c1-3-19-4-13-26-25(18-19)27(31-32-28(30-26)23-14-16-29-17-15-23)22-7-5-20(6-8-22)21-9-11-24(33-2)12-10-21/h4-18H,3H2,1-2H3,(H,30,32). The molecule has 2 heterocycles. The molecular weight excluding hydrogens is 408 g/mol. The van der Waals surface area contributed by atoms with Crippen LogP contribution in [0.4, 0.5) is 5.69 Å². The highest BCUT2D eigenvalue weighted by Gasteiger charge is 2.18. The summed E-state index contributed by atoms with van der Waals surface area (Å²) in [4.78, 5) is 9.00. The van der Waals surface area contributed by atoms with Crippen LogP contribution in [0.15, 0.2) is 101 Å². The molecule has 33 heavy (non-hydrogen) atoms. The number of benzene rings is 3. The molecule has 0 fully saturated rings. The Hall–Kier alpha value is -4.25. The smallest absolute Gasteiger partial charge is 0.154 e. The van der Waals surface area contributed by atoms with Gasteiger partial charge in [0.2, 0.25) is 0 Å². The third kappa shape index (κ3) is 4.26. The molecule has 0 saturated carbocycles. The minimum absolute atomic E-state index is 0.702. The van der Waals surface area contributed by atoms with E-state index in [-0.39, 0.29) is 0 Å². The maximum Gasteiger partial charge on any atom is 0.154 e. The molecule has 1 aromatic heterocycles. The molecule has 1 aliphatic heterocycles. The third-order valence-corrected chi connectivity index (χ3v) is 5.77. The van der Waals surface area contributed by atoms with E-state index in [9.17, 15) is 0 Å². The number of nitrogens with one attached hydrogen (secondary N) is 1. The molecule has 0 atom stereocenters. The number of hydrogen-bond donors (Lipinski definition) is 1. The van der Waals surface area contributed by atoms with Crippen molar-refractivity contribution in [2.24, 2.45) is 10.1 Å². The highest BCUT2D eigenvalue weighted by atomic mass is 16.5.